The van der Waals surface area contributed by atoms with Crippen molar-refractivity contribution in [3.8, 4) is 17.6 Å². The summed E-state index contributed by atoms with van der Waals surface area (Å²) in [6.07, 6.45) is 4.10. The minimum atomic E-state index is 0.335. The summed E-state index contributed by atoms with van der Waals surface area (Å²) < 4.78 is 11.2. The Balaban J connectivity index is 1.85. The lowest BCUT2D eigenvalue weighted by Crippen LogP contribution is -2.39. The van der Waals surface area contributed by atoms with Crippen LogP contribution in [0, 0.1) is 11.3 Å². The van der Waals surface area contributed by atoms with E-state index in [-0.39, 0.29) is 0 Å². The maximum Gasteiger partial charge on any atom is 0.163 e. The van der Waals surface area contributed by atoms with Crippen molar-refractivity contribution in [2.75, 3.05) is 24.7 Å². The zero-order valence-corrected chi connectivity index (χ0v) is 11.0. The summed E-state index contributed by atoms with van der Waals surface area (Å²) in [5.41, 5.74) is 1.14. The fourth-order valence-electron chi connectivity index (χ4n) is 2.87. The van der Waals surface area contributed by atoms with Crippen molar-refractivity contribution in [2.24, 2.45) is 0 Å². The monoisotopic (exact) mass is 258 g/mol. The highest BCUT2D eigenvalue weighted by atomic mass is 16.6. The van der Waals surface area contributed by atoms with E-state index in [1.54, 1.807) is 0 Å². The first-order valence-electron chi connectivity index (χ1n) is 6.92. The first-order valence-corrected chi connectivity index (χ1v) is 6.92. The van der Waals surface area contributed by atoms with Crippen LogP contribution in [-0.2, 0) is 0 Å². The molecule has 2 heterocycles. The van der Waals surface area contributed by atoms with Crippen LogP contribution in [0.2, 0.25) is 0 Å². The van der Waals surface area contributed by atoms with Gasteiger partial charge in [-0.2, -0.15) is 5.26 Å². The molecule has 1 fully saturated rings. The molecule has 3 rings (SSSR count). The molecular formula is C15H18N2O2. The van der Waals surface area contributed by atoms with Gasteiger partial charge in [0.15, 0.2) is 11.5 Å². The lowest BCUT2D eigenvalue weighted by Gasteiger charge is -2.37. The Bertz CT molecular complexity index is 495. The Labute approximate surface area is 113 Å². The van der Waals surface area contributed by atoms with Gasteiger partial charge in [-0.05, 0) is 31.4 Å². The Morgan fingerprint density at radius 3 is 2.89 bits per heavy atom. The number of ether oxygens (including phenoxy) is 2. The molecule has 1 aromatic rings. The number of hydrogen-bond donors (Lipinski definition) is 0. The fraction of sp³-hybridized carbons (Fsp3) is 0.533. The first-order chi connectivity index (χ1) is 9.38. The van der Waals surface area contributed by atoms with Gasteiger partial charge in [-0.3, -0.25) is 0 Å². The molecule has 4 heteroatoms. The molecule has 0 saturated carbocycles. The number of fused-ring (bicyclic) bond motifs is 1. The Morgan fingerprint density at radius 1 is 1.21 bits per heavy atom. The van der Waals surface area contributed by atoms with E-state index < -0.39 is 0 Å². The molecule has 0 amide bonds. The van der Waals surface area contributed by atoms with Crippen LogP contribution in [0.5, 0.6) is 11.5 Å². The highest BCUT2D eigenvalue weighted by Gasteiger charge is 2.23. The van der Waals surface area contributed by atoms with E-state index in [0.29, 0.717) is 25.7 Å². The fourth-order valence-corrected chi connectivity index (χ4v) is 2.87. The third-order valence-electron chi connectivity index (χ3n) is 3.81. The van der Waals surface area contributed by atoms with Crippen molar-refractivity contribution < 1.29 is 9.47 Å². The van der Waals surface area contributed by atoms with Gasteiger partial charge >= 0.3 is 0 Å². The van der Waals surface area contributed by atoms with E-state index in [9.17, 15) is 0 Å². The number of rotatable bonds is 2. The molecule has 0 N–H and O–H groups in total. The number of hydrogen-bond acceptors (Lipinski definition) is 4. The molecule has 19 heavy (non-hydrogen) atoms. The molecule has 0 radical (unpaired) electrons. The van der Waals surface area contributed by atoms with Gasteiger partial charge < -0.3 is 14.4 Å². The standard InChI is InChI=1S/C15H18N2O2/c16-7-6-12-3-1-2-8-17(12)13-4-5-14-15(11-13)19-10-9-18-14/h4-5,11-12H,1-3,6,8-10H2. The van der Waals surface area contributed by atoms with E-state index in [1.165, 1.54) is 12.8 Å². The highest BCUT2D eigenvalue weighted by molar-refractivity contribution is 5.57. The third kappa shape index (κ3) is 2.46. The molecule has 0 aromatic heterocycles. The molecule has 1 saturated heterocycles. The van der Waals surface area contributed by atoms with Crippen LogP contribution in [0.25, 0.3) is 0 Å². The summed E-state index contributed by atoms with van der Waals surface area (Å²) in [5, 5.41) is 8.95. The Kier molecular flexibility index (Phi) is 3.45. The predicted molar refractivity (Wildman–Crippen MR) is 72.6 cm³/mol. The molecule has 4 nitrogen and oxygen atoms in total. The Morgan fingerprint density at radius 2 is 2.05 bits per heavy atom. The summed E-state index contributed by atoms with van der Waals surface area (Å²) >= 11 is 0. The number of nitriles is 1. The van der Waals surface area contributed by atoms with Crippen molar-refractivity contribution in [3.63, 3.8) is 0 Å². The van der Waals surface area contributed by atoms with Gasteiger partial charge in [0.2, 0.25) is 0 Å². The molecular weight excluding hydrogens is 240 g/mol. The summed E-state index contributed by atoms with van der Waals surface area (Å²) in [5.74, 6) is 1.65. The average molecular weight is 258 g/mol. The molecule has 0 aliphatic carbocycles. The number of anilines is 1. The van der Waals surface area contributed by atoms with Crippen LogP contribution in [0.1, 0.15) is 25.7 Å². The molecule has 0 bridgehead atoms. The van der Waals surface area contributed by atoms with Gasteiger partial charge in [0, 0.05) is 24.3 Å². The topological polar surface area (TPSA) is 45.5 Å². The van der Waals surface area contributed by atoms with Gasteiger partial charge in [0.05, 0.1) is 12.5 Å². The number of piperidine rings is 1. The van der Waals surface area contributed by atoms with E-state index in [2.05, 4.69) is 17.0 Å². The quantitative estimate of drug-likeness (QED) is 0.818. The molecule has 0 spiro atoms. The van der Waals surface area contributed by atoms with Gasteiger partial charge in [-0.1, -0.05) is 0 Å². The minimum absolute atomic E-state index is 0.335. The SMILES string of the molecule is N#CCC1CCCCN1c1ccc2c(c1)OCCO2. The first kappa shape index (κ1) is 12.2. The second-order valence-electron chi connectivity index (χ2n) is 5.03. The van der Waals surface area contributed by atoms with Crippen LogP contribution >= 0.6 is 0 Å². The van der Waals surface area contributed by atoms with Crippen molar-refractivity contribution in [1.82, 2.24) is 0 Å². The maximum absolute atomic E-state index is 8.95. The van der Waals surface area contributed by atoms with Crippen molar-refractivity contribution in [1.29, 1.82) is 5.26 Å². The Hall–Kier alpha value is -1.89. The molecule has 2 aliphatic heterocycles. The van der Waals surface area contributed by atoms with Gasteiger partial charge in [0.25, 0.3) is 0 Å². The summed E-state index contributed by atoms with van der Waals surface area (Å²) in [6.45, 7) is 2.25. The largest absolute Gasteiger partial charge is 0.486 e. The van der Waals surface area contributed by atoms with Gasteiger partial charge in [-0.25, -0.2) is 0 Å². The van der Waals surface area contributed by atoms with Crippen molar-refractivity contribution in [2.45, 2.75) is 31.7 Å². The number of nitrogens with zero attached hydrogens (tertiary/aromatic N) is 2. The van der Waals surface area contributed by atoms with Crippen LogP contribution in [0.4, 0.5) is 5.69 Å². The zero-order chi connectivity index (χ0) is 13.1. The van der Waals surface area contributed by atoms with Crippen LogP contribution in [-0.4, -0.2) is 25.8 Å². The van der Waals surface area contributed by atoms with Gasteiger partial charge in [0.1, 0.15) is 13.2 Å². The molecule has 2 aliphatic rings. The van der Waals surface area contributed by atoms with E-state index in [1.807, 2.05) is 12.1 Å². The molecule has 1 unspecified atom stereocenters. The normalized spacial score (nSPS) is 21.8. The summed E-state index contributed by atoms with van der Waals surface area (Å²) in [4.78, 5) is 2.34. The zero-order valence-electron chi connectivity index (χ0n) is 11.0. The smallest absolute Gasteiger partial charge is 0.163 e. The van der Waals surface area contributed by atoms with E-state index in [4.69, 9.17) is 14.7 Å². The summed E-state index contributed by atoms with van der Waals surface area (Å²) in [7, 11) is 0. The van der Waals surface area contributed by atoms with Gasteiger partial charge in [-0.15, -0.1) is 0 Å². The average Bonchev–Trinajstić information content (AvgIpc) is 2.48. The van der Waals surface area contributed by atoms with E-state index >= 15 is 0 Å². The third-order valence-corrected chi connectivity index (χ3v) is 3.81. The molecule has 1 atom stereocenters. The second-order valence-corrected chi connectivity index (χ2v) is 5.03. The highest BCUT2D eigenvalue weighted by Crippen LogP contribution is 2.36. The minimum Gasteiger partial charge on any atom is -0.486 e. The molecule has 100 valence electrons. The van der Waals surface area contributed by atoms with Crippen LogP contribution in [0.15, 0.2) is 18.2 Å². The van der Waals surface area contributed by atoms with E-state index in [0.717, 1.165) is 30.2 Å². The lowest BCUT2D eigenvalue weighted by atomic mass is 9.99. The predicted octanol–water partition coefficient (Wildman–Crippen LogP) is 2.73. The van der Waals surface area contributed by atoms with Crippen LogP contribution < -0.4 is 14.4 Å². The lowest BCUT2D eigenvalue weighted by molar-refractivity contribution is 0.171. The second kappa shape index (κ2) is 5.40. The molecule has 1 aromatic carbocycles. The number of benzene rings is 1. The van der Waals surface area contributed by atoms with Crippen molar-refractivity contribution in [3.05, 3.63) is 18.2 Å². The maximum atomic E-state index is 8.95. The van der Waals surface area contributed by atoms with Crippen LogP contribution in [0.3, 0.4) is 0 Å². The van der Waals surface area contributed by atoms with Crippen molar-refractivity contribution >= 4 is 5.69 Å². The summed E-state index contributed by atoms with van der Waals surface area (Å²) in [6, 6.07) is 8.73.